The van der Waals surface area contributed by atoms with Gasteiger partial charge in [0, 0.05) is 11.8 Å². The topological polar surface area (TPSA) is 55.0 Å². The lowest BCUT2D eigenvalue weighted by Crippen LogP contribution is -2.03. The Bertz CT molecular complexity index is 555. The van der Waals surface area contributed by atoms with Crippen LogP contribution >= 0.6 is 0 Å². The van der Waals surface area contributed by atoms with E-state index < -0.39 is 0 Å². The molecule has 0 fully saturated rings. The second-order valence-corrected chi connectivity index (χ2v) is 3.30. The molecule has 2 aromatic heterocycles. The monoisotopic (exact) mass is 216 g/mol. The lowest BCUT2D eigenvalue weighted by atomic mass is 10.2. The minimum atomic E-state index is -0.383. The summed E-state index contributed by atoms with van der Waals surface area (Å²) in [7, 11) is 1.36. The van der Waals surface area contributed by atoms with Crippen LogP contribution in [0.3, 0.4) is 0 Å². The van der Waals surface area contributed by atoms with E-state index in [0.717, 1.165) is 16.6 Å². The van der Waals surface area contributed by atoms with Crippen molar-refractivity contribution in [3.63, 3.8) is 0 Å². The van der Waals surface area contributed by atoms with Gasteiger partial charge in [0.25, 0.3) is 0 Å². The van der Waals surface area contributed by atoms with Crippen molar-refractivity contribution >= 4 is 23.1 Å². The summed E-state index contributed by atoms with van der Waals surface area (Å²) in [5.74, 6) is -0.383. The van der Waals surface area contributed by atoms with Gasteiger partial charge in [0.15, 0.2) is 0 Å². The second-order valence-electron chi connectivity index (χ2n) is 3.30. The Labute approximate surface area is 93.0 Å². The van der Waals surface area contributed by atoms with E-state index in [1.54, 1.807) is 6.20 Å². The maximum absolute atomic E-state index is 11.6. The van der Waals surface area contributed by atoms with Gasteiger partial charge in [-0.05, 0) is 19.1 Å². The third kappa shape index (κ3) is 1.58. The molecule has 0 aliphatic rings. The van der Waals surface area contributed by atoms with E-state index in [9.17, 15) is 4.79 Å². The first-order valence-corrected chi connectivity index (χ1v) is 4.95. The van der Waals surface area contributed by atoms with Crippen LogP contribution in [-0.2, 0) is 4.74 Å². The van der Waals surface area contributed by atoms with Crippen LogP contribution in [0.15, 0.2) is 24.4 Å². The maximum Gasteiger partial charge on any atom is 0.355 e. The van der Waals surface area contributed by atoms with E-state index in [-0.39, 0.29) is 5.97 Å². The highest BCUT2D eigenvalue weighted by molar-refractivity contribution is 6.00. The summed E-state index contributed by atoms with van der Waals surface area (Å²) >= 11 is 0. The number of aromatic nitrogens is 2. The largest absolute Gasteiger partial charge is 0.464 e. The molecule has 2 heterocycles. The molecule has 0 aromatic carbocycles. The number of nitrogens with one attached hydrogen (secondary N) is 1. The molecular weight excluding hydrogens is 204 g/mol. The van der Waals surface area contributed by atoms with Crippen LogP contribution in [0.2, 0.25) is 0 Å². The molecule has 0 aliphatic heterocycles. The number of rotatable bonds is 2. The standard InChI is InChI=1S/C12H12N2O2/c1-3-5-8-10-9(6-4-7-13-10)14-11(8)12(15)16-2/h3-7,14H,1-2H3/b5-3+. The lowest BCUT2D eigenvalue weighted by Gasteiger charge is -1.96. The zero-order chi connectivity index (χ0) is 11.5. The molecule has 16 heavy (non-hydrogen) atoms. The number of nitrogens with zero attached hydrogens (tertiary/aromatic N) is 1. The van der Waals surface area contributed by atoms with E-state index >= 15 is 0 Å². The number of fused-ring (bicyclic) bond motifs is 1. The number of pyridine rings is 1. The van der Waals surface area contributed by atoms with Crippen molar-refractivity contribution in [2.45, 2.75) is 6.92 Å². The van der Waals surface area contributed by atoms with E-state index in [4.69, 9.17) is 4.74 Å². The van der Waals surface area contributed by atoms with Crippen molar-refractivity contribution in [3.05, 3.63) is 35.7 Å². The molecule has 0 bridgehead atoms. The molecule has 0 radical (unpaired) electrons. The SMILES string of the molecule is C/C=C/c1c(C(=O)OC)[nH]c2cccnc12. The number of aromatic amines is 1. The van der Waals surface area contributed by atoms with Gasteiger partial charge >= 0.3 is 5.97 Å². The van der Waals surface area contributed by atoms with Gasteiger partial charge in [0.05, 0.1) is 18.1 Å². The normalized spacial score (nSPS) is 11.1. The number of carbonyl (C=O) groups is 1. The van der Waals surface area contributed by atoms with Crippen LogP contribution in [0.1, 0.15) is 23.0 Å². The van der Waals surface area contributed by atoms with Crippen molar-refractivity contribution in [1.29, 1.82) is 0 Å². The Hall–Kier alpha value is -2.10. The molecule has 2 rings (SSSR count). The lowest BCUT2D eigenvalue weighted by molar-refractivity contribution is 0.0595. The molecule has 4 nitrogen and oxygen atoms in total. The second kappa shape index (κ2) is 4.18. The third-order valence-electron chi connectivity index (χ3n) is 2.31. The number of hydrogen-bond donors (Lipinski definition) is 1. The molecule has 82 valence electrons. The van der Waals surface area contributed by atoms with E-state index in [0.29, 0.717) is 5.69 Å². The van der Waals surface area contributed by atoms with Gasteiger partial charge in [-0.2, -0.15) is 0 Å². The fourth-order valence-electron chi connectivity index (χ4n) is 1.63. The summed E-state index contributed by atoms with van der Waals surface area (Å²) in [5, 5.41) is 0. The highest BCUT2D eigenvalue weighted by Crippen LogP contribution is 2.22. The van der Waals surface area contributed by atoms with E-state index in [1.165, 1.54) is 7.11 Å². The first kappa shape index (κ1) is 10.4. The quantitative estimate of drug-likeness (QED) is 0.784. The van der Waals surface area contributed by atoms with Crippen LogP contribution in [0.25, 0.3) is 17.1 Å². The molecule has 0 amide bonds. The summed E-state index contributed by atoms with van der Waals surface area (Å²) in [6.07, 6.45) is 5.41. The van der Waals surface area contributed by atoms with Gasteiger partial charge in [-0.3, -0.25) is 4.98 Å². The summed E-state index contributed by atoms with van der Waals surface area (Å²) < 4.78 is 4.72. The van der Waals surface area contributed by atoms with Crippen LogP contribution in [0, 0.1) is 0 Å². The fraction of sp³-hybridized carbons (Fsp3) is 0.167. The average Bonchev–Trinajstić information content (AvgIpc) is 2.68. The van der Waals surface area contributed by atoms with Crippen molar-refractivity contribution in [1.82, 2.24) is 9.97 Å². The smallest absolute Gasteiger partial charge is 0.355 e. The molecule has 4 heteroatoms. The predicted octanol–water partition coefficient (Wildman–Crippen LogP) is 2.38. The van der Waals surface area contributed by atoms with E-state index in [1.807, 2.05) is 31.2 Å². The van der Waals surface area contributed by atoms with Gasteiger partial charge in [-0.25, -0.2) is 4.79 Å². The summed E-state index contributed by atoms with van der Waals surface area (Å²) in [6, 6.07) is 3.70. The Morgan fingerprint density at radius 2 is 2.38 bits per heavy atom. The van der Waals surface area contributed by atoms with Crippen LogP contribution in [0.5, 0.6) is 0 Å². The van der Waals surface area contributed by atoms with Crippen molar-refractivity contribution in [3.8, 4) is 0 Å². The highest BCUT2D eigenvalue weighted by atomic mass is 16.5. The molecule has 0 spiro atoms. The Balaban J connectivity index is 2.72. The van der Waals surface area contributed by atoms with Gasteiger partial charge < -0.3 is 9.72 Å². The number of ether oxygens (including phenoxy) is 1. The van der Waals surface area contributed by atoms with E-state index in [2.05, 4.69) is 9.97 Å². The predicted molar refractivity (Wildman–Crippen MR) is 62.1 cm³/mol. The first-order valence-electron chi connectivity index (χ1n) is 4.95. The summed E-state index contributed by atoms with van der Waals surface area (Å²) in [5.41, 5.74) is 2.82. The van der Waals surface area contributed by atoms with Crippen LogP contribution in [0.4, 0.5) is 0 Å². The minimum absolute atomic E-state index is 0.383. The highest BCUT2D eigenvalue weighted by Gasteiger charge is 2.16. The molecule has 0 atom stereocenters. The van der Waals surface area contributed by atoms with Gasteiger partial charge in [-0.1, -0.05) is 12.2 Å². The number of hydrogen-bond acceptors (Lipinski definition) is 3. The molecule has 0 unspecified atom stereocenters. The van der Waals surface area contributed by atoms with Gasteiger partial charge in [0.1, 0.15) is 5.69 Å². The summed E-state index contributed by atoms with van der Waals surface area (Å²) in [6.45, 7) is 1.89. The molecule has 0 saturated carbocycles. The molecule has 0 saturated heterocycles. The Morgan fingerprint density at radius 3 is 3.06 bits per heavy atom. The zero-order valence-electron chi connectivity index (χ0n) is 9.15. The third-order valence-corrected chi connectivity index (χ3v) is 2.31. The van der Waals surface area contributed by atoms with Gasteiger partial charge in [0.2, 0.25) is 0 Å². The summed E-state index contributed by atoms with van der Waals surface area (Å²) in [4.78, 5) is 18.8. The molecule has 1 N–H and O–H groups in total. The Kier molecular flexibility index (Phi) is 2.72. The molecule has 2 aromatic rings. The fourth-order valence-corrected chi connectivity index (χ4v) is 1.63. The Morgan fingerprint density at radius 1 is 1.56 bits per heavy atom. The average molecular weight is 216 g/mol. The maximum atomic E-state index is 11.6. The molecular formula is C12H12N2O2. The van der Waals surface area contributed by atoms with Gasteiger partial charge in [-0.15, -0.1) is 0 Å². The number of esters is 1. The van der Waals surface area contributed by atoms with Crippen LogP contribution in [-0.4, -0.2) is 23.0 Å². The number of H-pyrrole nitrogens is 1. The number of carbonyl (C=O) groups excluding carboxylic acids is 1. The number of methoxy groups -OCH3 is 1. The molecule has 0 aliphatic carbocycles. The van der Waals surface area contributed by atoms with Crippen molar-refractivity contribution < 1.29 is 9.53 Å². The van der Waals surface area contributed by atoms with Crippen LogP contribution < -0.4 is 0 Å². The number of allylic oxidation sites excluding steroid dienone is 1. The first-order chi connectivity index (χ1) is 7.77. The minimum Gasteiger partial charge on any atom is -0.464 e. The van der Waals surface area contributed by atoms with Crippen molar-refractivity contribution in [2.75, 3.05) is 7.11 Å². The zero-order valence-corrected chi connectivity index (χ0v) is 9.15. The van der Waals surface area contributed by atoms with Crippen molar-refractivity contribution in [2.24, 2.45) is 0 Å².